The molecule has 0 fully saturated rings. The first kappa shape index (κ1) is 10.6. The van der Waals surface area contributed by atoms with Crippen molar-refractivity contribution >= 4 is 17.7 Å². The lowest BCUT2D eigenvalue weighted by atomic mass is 10.1. The van der Waals surface area contributed by atoms with Gasteiger partial charge in [-0.15, -0.1) is 11.8 Å². The molecule has 1 aliphatic rings. The third-order valence-electron chi connectivity index (χ3n) is 1.68. The molecule has 0 spiro atoms. The average molecular weight is 206 g/mol. The third-order valence-corrected chi connectivity index (χ3v) is 2.75. The van der Waals surface area contributed by atoms with Crippen LogP contribution in [0.25, 0.3) is 0 Å². The van der Waals surface area contributed by atoms with Crippen LogP contribution in [0, 0.1) is 11.3 Å². The van der Waals surface area contributed by atoms with Gasteiger partial charge in [0.25, 0.3) is 0 Å². The minimum Gasteiger partial charge on any atom is -0.383 e. The molecular formula is C10H10N2OS. The monoisotopic (exact) mass is 206 g/mol. The van der Waals surface area contributed by atoms with E-state index in [4.69, 9.17) is 5.26 Å². The second kappa shape index (κ2) is 4.71. The number of hydrogen-bond donors (Lipinski definition) is 0. The van der Waals surface area contributed by atoms with E-state index in [0.29, 0.717) is 0 Å². The van der Waals surface area contributed by atoms with E-state index in [2.05, 4.69) is 0 Å². The molecule has 14 heavy (non-hydrogen) atoms. The van der Waals surface area contributed by atoms with Crippen molar-refractivity contribution in [1.82, 2.24) is 4.90 Å². The first-order valence-electron chi connectivity index (χ1n) is 4.04. The van der Waals surface area contributed by atoms with E-state index >= 15 is 0 Å². The molecule has 0 saturated heterocycles. The zero-order valence-corrected chi connectivity index (χ0v) is 8.84. The molecule has 0 aromatic carbocycles. The molecule has 3 nitrogen and oxygen atoms in total. The van der Waals surface area contributed by atoms with Gasteiger partial charge in [-0.3, -0.25) is 0 Å². The summed E-state index contributed by atoms with van der Waals surface area (Å²) >= 11 is 1.45. The summed E-state index contributed by atoms with van der Waals surface area (Å²) in [6.45, 7) is 0. The summed E-state index contributed by atoms with van der Waals surface area (Å²) in [5.41, 5.74) is 1.10. The van der Waals surface area contributed by atoms with Crippen LogP contribution in [0.1, 0.15) is 0 Å². The van der Waals surface area contributed by atoms with Crippen molar-refractivity contribution < 1.29 is 4.79 Å². The quantitative estimate of drug-likeness (QED) is 0.505. The number of allylic oxidation sites excluding steroid dienone is 1. The van der Waals surface area contributed by atoms with E-state index in [1.165, 1.54) is 11.8 Å². The fourth-order valence-corrected chi connectivity index (χ4v) is 2.07. The summed E-state index contributed by atoms with van der Waals surface area (Å²) in [6.07, 6.45) is 3.81. The zero-order chi connectivity index (χ0) is 10.6. The van der Waals surface area contributed by atoms with E-state index in [1.54, 1.807) is 5.94 Å². The van der Waals surface area contributed by atoms with E-state index in [0.717, 1.165) is 5.57 Å². The molecule has 0 aromatic heterocycles. The van der Waals surface area contributed by atoms with Crippen LogP contribution in [0.4, 0.5) is 0 Å². The van der Waals surface area contributed by atoms with Gasteiger partial charge >= 0.3 is 0 Å². The summed E-state index contributed by atoms with van der Waals surface area (Å²) in [5, 5.41) is 10.4. The second-order valence-electron chi connectivity index (χ2n) is 3.04. The van der Waals surface area contributed by atoms with Crippen molar-refractivity contribution in [3.8, 4) is 6.07 Å². The fourth-order valence-electron chi connectivity index (χ4n) is 1.14. The van der Waals surface area contributed by atoms with Crippen LogP contribution in [0.3, 0.4) is 0 Å². The minimum absolute atomic E-state index is 0.146. The van der Waals surface area contributed by atoms with Gasteiger partial charge in [0.05, 0.1) is 5.25 Å². The molecule has 0 aromatic rings. The fraction of sp³-hybridized carbons (Fsp3) is 0.300. The molecule has 0 saturated carbocycles. The molecular weight excluding hydrogens is 196 g/mol. The largest absolute Gasteiger partial charge is 0.383 e. The van der Waals surface area contributed by atoms with Gasteiger partial charge in [0.2, 0.25) is 0 Å². The smallest absolute Gasteiger partial charge is 0.140 e. The first-order valence-corrected chi connectivity index (χ1v) is 4.98. The van der Waals surface area contributed by atoms with Gasteiger partial charge in [-0.2, -0.15) is 5.26 Å². The Morgan fingerprint density at radius 2 is 2.43 bits per heavy atom. The predicted molar refractivity (Wildman–Crippen MR) is 57.1 cm³/mol. The lowest BCUT2D eigenvalue weighted by Crippen LogP contribution is -2.10. The highest BCUT2D eigenvalue weighted by molar-refractivity contribution is 8.03. The van der Waals surface area contributed by atoms with E-state index in [1.807, 2.05) is 42.7 Å². The molecule has 1 unspecified atom stereocenters. The standard InChI is InChI=1S/C10H10N2OS/c1-12(2)6-8-3-4-14-10(8)9(5-11)7-13/h3-4,6,10H,1-2H3. The Labute approximate surface area is 87.4 Å². The molecule has 1 rings (SSSR count). The van der Waals surface area contributed by atoms with Gasteiger partial charge in [-0.1, -0.05) is 0 Å². The molecule has 0 amide bonds. The summed E-state index contributed by atoms with van der Waals surface area (Å²) in [4.78, 5) is 12.4. The molecule has 0 radical (unpaired) electrons. The number of nitrogens with zero attached hydrogens (tertiary/aromatic N) is 2. The van der Waals surface area contributed by atoms with Crippen molar-refractivity contribution in [3.05, 3.63) is 28.8 Å². The molecule has 72 valence electrons. The van der Waals surface area contributed by atoms with Crippen molar-refractivity contribution in [2.45, 2.75) is 5.25 Å². The predicted octanol–water partition coefficient (Wildman–Crippen LogP) is 1.34. The summed E-state index contributed by atoms with van der Waals surface area (Å²) < 4.78 is 0. The topological polar surface area (TPSA) is 44.1 Å². The SMILES string of the molecule is CN(C)C=C1C=CSC1C(=C=O)C#N. The lowest BCUT2D eigenvalue weighted by Gasteiger charge is -2.11. The van der Waals surface area contributed by atoms with Gasteiger partial charge in [-0.25, -0.2) is 4.79 Å². The van der Waals surface area contributed by atoms with Gasteiger partial charge in [0, 0.05) is 20.3 Å². The minimum atomic E-state index is -0.181. The Morgan fingerprint density at radius 3 is 2.93 bits per heavy atom. The lowest BCUT2D eigenvalue weighted by molar-refractivity contribution is 0.558. The number of carbonyl (C=O) groups excluding carboxylic acids is 1. The number of nitriles is 1. The van der Waals surface area contributed by atoms with Crippen molar-refractivity contribution in [3.63, 3.8) is 0 Å². The van der Waals surface area contributed by atoms with Crippen molar-refractivity contribution in [1.29, 1.82) is 5.26 Å². The second-order valence-corrected chi connectivity index (χ2v) is 4.05. The molecule has 0 bridgehead atoms. The Hall–Kier alpha value is -1.43. The van der Waals surface area contributed by atoms with Crippen LogP contribution < -0.4 is 0 Å². The highest BCUT2D eigenvalue weighted by Gasteiger charge is 2.22. The molecule has 1 heterocycles. The number of thioether (sulfide) groups is 1. The van der Waals surface area contributed by atoms with Crippen LogP contribution in [0.5, 0.6) is 0 Å². The maximum absolute atomic E-state index is 10.5. The van der Waals surface area contributed by atoms with Crippen molar-refractivity contribution in [2.24, 2.45) is 0 Å². The first-order chi connectivity index (χ1) is 6.69. The maximum Gasteiger partial charge on any atom is 0.140 e. The molecule has 0 aliphatic carbocycles. The van der Waals surface area contributed by atoms with Gasteiger partial charge < -0.3 is 4.90 Å². The van der Waals surface area contributed by atoms with Crippen molar-refractivity contribution in [2.75, 3.05) is 14.1 Å². The Bertz CT molecular complexity index is 370. The van der Waals surface area contributed by atoms with Crippen LogP contribution in [-0.2, 0) is 4.79 Å². The van der Waals surface area contributed by atoms with Gasteiger partial charge in [0.1, 0.15) is 17.6 Å². The summed E-state index contributed by atoms with van der Waals surface area (Å²) in [6, 6.07) is 1.87. The maximum atomic E-state index is 10.5. The Morgan fingerprint density at radius 1 is 1.71 bits per heavy atom. The van der Waals surface area contributed by atoms with Crippen LogP contribution in [0.15, 0.2) is 28.8 Å². The molecule has 1 aliphatic heterocycles. The highest BCUT2D eigenvalue weighted by Crippen LogP contribution is 2.33. The van der Waals surface area contributed by atoms with E-state index in [9.17, 15) is 4.79 Å². The zero-order valence-electron chi connectivity index (χ0n) is 8.02. The molecule has 1 atom stereocenters. The Kier molecular flexibility index (Phi) is 3.58. The number of hydrogen-bond acceptors (Lipinski definition) is 4. The van der Waals surface area contributed by atoms with Gasteiger partial charge in [0.15, 0.2) is 0 Å². The molecule has 4 heteroatoms. The highest BCUT2D eigenvalue weighted by atomic mass is 32.2. The normalized spacial score (nSPS) is 21.8. The van der Waals surface area contributed by atoms with Gasteiger partial charge in [-0.05, 0) is 17.1 Å². The number of rotatable bonds is 2. The summed E-state index contributed by atoms with van der Waals surface area (Å²) in [7, 11) is 3.80. The van der Waals surface area contributed by atoms with E-state index in [-0.39, 0.29) is 10.8 Å². The Balaban J connectivity index is 2.94. The van der Waals surface area contributed by atoms with Crippen LogP contribution >= 0.6 is 11.8 Å². The average Bonchev–Trinajstić information content (AvgIpc) is 2.55. The van der Waals surface area contributed by atoms with Crippen LogP contribution in [-0.4, -0.2) is 30.2 Å². The molecule has 0 N–H and O–H groups in total. The van der Waals surface area contributed by atoms with E-state index < -0.39 is 0 Å². The van der Waals surface area contributed by atoms with Crippen LogP contribution in [0.2, 0.25) is 0 Å². The summed E-state index contributed by atoms with van der Waals surface area (Å²) in [5.74, 6) is 1.68. The third kappa shape index (κ3) is 2.29.